The molecule has 1 aromatic carbocycles. The van der Waals surface area contributed by atoms with E-state index in [0.29, 0.717) is 0 Å². The van der Waals surface area contributed by atoms with Gasteiger partial charge in [0, 0.05) is 5.82 Å². The standard InChI is InChI=1S/C7H6F.BrH.Mg/c1-6-2-4-7(8)5-3-6;;/h2-4H,1H3;1H;/q-1;;+2/p-1. The molecule has 0 saturated carbocycles. The molecule has 0 atom stereocenters. The van der Waals surface area contributed by atoms with Crippen LogP contribution < -0.4 is 17.0 Å². The van der Waals surface area contributed by atoms with Crippen LogP contribution in [0.4, 0.5) is 4.39 Å². The first kappa shape index (κ1) is 13.0. The molecule has 0 unspecified atom stereocenters. The van der Waals surface area contributed by atoms with Gasteiger partial charge in [-0.25, -0.2) is 4.39 Å². The fraction of sp³-hybridized carbons (Fsp3) is 0.143. The van der Waals surface area contributed by atoms with Crippen LogP contribution >= 0.6 is 0 Å². The molecule has 0 bridgehead atoms. The smallest absolute Gasteiger partial charge is 1.00 e. The molecule has 0 heterocycles. The van der Waals surface area contributed by atoms with Crippen molar-refractivity contribution in [2.75, 3.05) is 0 Å². The Hall–Kier alpha value is 0.396. The third kappa shape index (κ3) is 4.25. The summed E-state index contributed by atoms with van der Waals surface area (Å²) in [6, 6.07) is 7.17. The largest absolute Gasteiger partial charge is 2.00 e. The van der Waals surface area contributed by atoms with E-state index in [4.69, 9.17) is 0 Å². The molecular weight excluding hydrogens is 207 g/mol. The Morgan fingerprint density at radius 3 is 2.30 bits per heavy atom. The molecule has 0 aliphatic heterocycles. The van der Waals surface area contributed by atoms with Gasteiger partial charge in [0.25, 0.3) is 0 Å². The summed E-state index contributed by atoms with van der Waals surface area (Å²) < 4.78 is 12.0. The van der Waals surface area contributed by atoms with Crippen molar-refractivity contribution in [3.05, 3.63) is 35.6 Å². The van der Waals surface area contributed by atoms with Gasteiger partial charge in [0.1, 0.15) is 0 Å². The monoisotopic (exact) mass is 212 g/mol. The van der Waals surface area contributed by atoms with E-state index in [1.165, 1.54) is 6.07 Å². The van der Waals surface area contributed by atoms with Gasteiger partial charge in [-0.3, -0.25) is 0 Å². The van der Waals surface area contributed by atoms with E-state index in [2.05, 4.69) is 6.07 Å². The van der Waals surface area contributed by atoms with Crippen molar-refractivity contribution < 1.29 is 21.4 Å². The van der Waals surface area contributed by atoms with Crippen LogP contribution in [0.1, 0.15) is 5.56 Å². The van der Waals surface area contributed by atoms with Gasteiger partial charge in [-0.05, 0) is 0 Å². The van der Waals surface area contributed by atoms with Gasteiger partial charge >= 0.3 is 23.1 Å². The molecule has 0 radical (unpaired) electrons. The summed E-state index contributed by atoms with van der Waals surface area (Å²) in [7, 11) is 0. The van der Waals surface area contributed by atoms with Crippen molar-refractivity contribution in [2.45, 2.75) is 6.92 Å². The van der Waals surface area contributed by atoms with Crippen LogP contribution in [0.15, 0.2) is 18.2 Å². The first-order valence-corrected chi connectivity index (χ1v) is 2.43. The minimum Gasteiger partial charge on any atom is -1.00 e. The average molecular weight is 213 g/mol. The summed E-state index contributed by atoms with van der Waals surface area (Å²) >= 11 is 0. The topological polar surface area (TPSA) is 0 Å². The van der Waals surface area contributed by atoms with E-state index in [1.54, 1.807) is 12.1 Å². The number of benzene rings is 1. The van der Waals surface area contributed by atoms with Crippen LogP contribution in [0.5, 0.6) is 0 Å². The third-order valence-electron chi connectivity index (χ3n) is 0.930. The van der Waals surface area contributed by atoms with E-state index >= 15 is 0 Å². The Bertz CT molecular complexity index is 152. The summed E-state index contributed by atoms with van der Waals surface area (Å²) in [5.74, 6) is -0.296. The fourth-order valence-electron chi connectivity index (χ4n) is 0.484. The van der Waals surface area contributed by atoms with E-state index < -0.39 is 0 Å². The normalized spacial score (nSPS) is 7.40. The van der Waals surface area contributed by atoms with Crippen LogP contribution in [0, 0.1) is 18.8 Å². The van der Waals surface area contributed by atoms with Gasteiger partial charge in [0.15, 0.2) is 0 Å². The van der Waals surface area contributed by atoms with Crippen molar-refractivity contribution >= 4 is 23.1 Å². The summed E-state index contributed by atoms with van der Waals surface area (Å²) in [5.41, 5.74) is 1.03. The number of hydrogen-bond acceptors (Lipinski definition) is 0. The van der Waals surface area contributed by atoms with Gasteiger partial charge < -0.3 is 17.0 Å². The molecule has 0 fully saturated rings. The van der Waals surface area contributed by atoms with E-state index in [0.717, 1.165) is 5.56 Å². The zero-order valence-electron chi connectivity index (χ0n) is 5.70. The Kier molecular flexibility index (Phi) is 7.98. The molecule has 0 nitrogen and oxygen atoms in total. The van der Waals surface area contributed by atoms with Gasteiger partial charge in [-0.15, -0.1) is 12.1 Å². The van der Waals surface area contributed by atoms with Crippen molar-refractivity contribution in [1.82, 2.24) is 0 Å². The SMILES string of the molecule is Cc1c[c-]c(F)cc1.[Br-].[Mg+2]. The first-order chi connectivity index (χ1) is 3.79. The third-order valence-corrected chi connectivity index (χ3v) is 0.930. The second-order valence-electron chi connectivity index (χ2n) is 1.71. The number of hydrogen-bond donors (Lipinski definition) is 0. The van der Waals surface area contributed by atoms with Crippen molar-refractivity contribution in [3.63, 3.8) is 0 Å². The van der Waals surface area contributed by atoms with E-state index in [1.807, 2.05) is 6.92 Å². The predicted molar refractivity (Wildman–Crippen MR) is 35.7 cm³/mol. The maximum atomic E-state index is 12.0. The second kappa shape index (κ2) is 6.13. The van der Waals surface area contributed by atoms with Crippen molar-refractivity contribution in [2.24, 2.45) is 0 Å². The maximum absolute atomic E-state index is 12.0. The van der Waals surface area contributed by atoms with Gasteiger partial charge in [-0.2, -0.15) is 17.7 Å². The summed E-state index contributed by atoms with van der Waals surface area (Å²) in [4.78, 5) is 0. The van der Waals surface area contributed by atoms with E-state index in [9.17, 15) is 4.39 Å². The zero-order chi connectivity index (χ0) is 5.98. The molecule has 50 valence electrons. The molecule has 0 spiro atoms. The average Bonchev–Trinajstić information content (AvgIpc) is 1.77. The number of aryl methyl sites for hydroxylation is 1. The number of rotatable bonds is 0. The molecule has 10 heavy (non-hydrogen) atoms. The van der Waals surface area contributed by atoms with Crippen LogP contribution in [0.25, 0.3) is 0 Å². The summed E-state index contributed by atoms with van der Waals surface area (Å²) in [6.45, 7) is 1.90. The van der Waals surface area contributed by atoms with Crippen LogP contribution in [0.3, 0.4) is 0 Å². The van der Waals surface area contributed by atoms with Crippen LogP contribution in [0.2, 0.25) is 0 Å². The van der Waals surface area contributed by atoms with Gasteiger partial charge in [-0.1, -0.05) is 6.92 Å². The maximum Gasteiger partial charge on any atom is 2.00 e. The second-order valence-corrected chi connectivity index (χ2v) is 1.71. The fourth-order valence-corrected chi connectivity index (χ4v) is 0.484. The van der Waals surface area contributed by atoms with E-state index in [-0.39, 0.29) is 45.9 Å². The van der Waals surface area contributed by atoms with Crippen LogP contribution in [-0.2, 0) is 0 Å². The van der Waals surface area contributed by atoms with Crippen molar-refractivity contribution in [3.8, 4) is 0 Å². The number of halogens is 2. The predicted octanol–water partition coefficient (Wildman–Crippen LogP) is -1.44. The van der Waals surface area contributed by atoms with Gasteiger partial charge in [0.05, 0.1) is 0 Å². The molecule has 3 heteroatoms. The Morgan fingerprint density at radius 2 is 2.00 bits per heavy atom. The molecule has 0 aliphatic rings. The molecule has 0 aromatic heterocycles. The Morgan fingerprint density at radius 1 is 1.40 bits per heavy atom. The zero-order valence-corrected chi connectivity index (χ0v) is 8.70. The molecule has 0 saturated heterocycles. The molecule has 0 amide bonds. The first-order valence-electron chi connectivity index (χ1n) is 2.43. The molecule has 0 N–H and O–H groups in total. The molecular formula is C7H6BrFMg. The van der Waals surface area contributed by atoms with Crippen molar-refractivity contribution in [1.29, 1.82) is 0 Å². The van der Waals surface area contributed by atoms with Gasteiger partial charge in [0.2, 0.25) is 0 Å². The Labute approximate surface area is 86.7 Å². The van der Waals surface area contributed by atoms with Crippen LogP contribution in [-0.4, -0.2) is 23.1 Å². The minimum absolute atomic E-state index is 0. The molecule has 1 aromatic rings. The molecule has 1 rings (SSSR count). The molecule has 0 aliphatic carbocycles. The minimum atomic E-state index is -0.296. The quantitative estimate of drug-likeness (QED) is 0.366. The summed E-state index contributed by atoms with van der Waals surface area (Å²) in [5, 5.41) is 0. The summed E-state index contributed by atoms with van der Waals surface area (Å²) in [6.07, 6.45) is 0. The Balaban J connectivity index is 0.